The Labute approximate surface area is 141 Å². The van der Waals surface area contributed by atoms with Gasteiger partial charge in [-0.3, -0.25) is 9.59 Å². The minimum Gasteiger partial charge on any atom is -0.341 e. The van der Waals surface area contributed by atoms with Gasteiger partial charge in [0.1, 0.15) is 6.42 Å². The van der Waals surface area contributed by atoms with Crippen molar-refractivity contribution >= 4 is 29.1 Å². The predicted octanol–water partition coefficient (Wildman–Crippen LogP) is 3.64. The van der Waals surface area contributed by atoms with Gasteiger partial charge in [0.15, 0.2) is 0 Å². The topological polar surface area (TPSA) is 49.4 Å². The summed E-state index contributed by atoms with van der Waals surface area (Å²) < 4.78 is 0. The van der Waals surface area contributed by atoms with Gasteiger partial charge in [0.25, 0.3) is 0 Å². The van der Waals surface area contributed by atoms with Crippen molar-refractivity contribution in [2.75, 3.05) is 12.4 Å². The van der Waals surface area contributed by atoms with Crippen molar-refractivity contribution in [1.82, 2.24) is 4.90 Å². The molecule has 0 spiro atoms. The summed E-state index contributed by atoms with van der Waals surface area (Å²) in [5.41, 5.74) is 2.43. The molecule has 1 N–H and O–H groups in total. The van der Waals surface area contributed by atoms with Crippen LogP contribution in [0.5, 0.6) is 0 Å². The second kappa shape index (κ2) is 7.79. The smallest absolute Gasteiger partial charge is 0.233 e. The summed E-state index contributed by atoms with van der Waals surface area (Å²) in [7, 11) is 1.69. The summed E-state index contributed by atoms with van der Waals surface area (Å²) >= 11 is 6.02. The Bertz CT molecular complexity index is 701. The predicted molar refractivity (Wildman–Crippen MR) is 92.4 cm³/mol. The van der Waals surface area contributed by atoms with Crippen molar-refractivity contribution in [2.45, 2.75) is 19.9 Å². The zero-order valence-corrected chi connectivity index (χ0v) is 13.9. The highest BCUT2D eigenvalue weighted by Crippen LogP contribution is 2.23. The van der Waals surface area contributed by atoms with Gasteiger partial charge in [0.05, 0.1) is 0 Å². The molecule has 0 atom stereocenters. The van der Waals surface area contributed by atoms with E-state index in [0.29, 0.717) is 17.3 Å². The molecule has 4 nitrogen and oxygen atoms in total. The number of carbonyl (C=O) groups is 2. The second-order valence-electron chi connectivity index (χ2n) is 5.37. The normalized spacial score (nSPS) is 10.2. The summed E-state index contributed by atoms with van der Waals surface area (Å²) in [5.74, 6) is -0.577. The van der Waals surface area contributed by atoms with E-state index in [-0.39, 0.29) is 18.2 Å². The number of benzene rings is 2. The number of anilines is 1. The van der Waals surface area contributed by atoms with E-state index in [1.165, 1.54) is 0 Å². The molecule has 0 heterocycles. The molecule has 0 saturated heterocycles. The molecule has 2 rings (SSSR count). The summed E-state index contributed by atoms with van der Waals surface area (Å²) in [6.07, 6.45) is -0.199. The minimum atomic E-state index is -0.347. The molecule has 0 radical (unpaired) electrons. The van der Waals surface area contributed by atoms with Crippen molar-refractivity contribution in [2.24, 2.45) is 0 Å². The van der Waals surface area contributed by atoms with E-state index in [1.807, 2.05) is 37.3 Å². The van der Waals surface area contributed by atoms with Crippen LogP contribution < -0.4 is 5.32 Å². The van der Waals surface area contributed by atoms with Gasteiger partial charge in [-0.05, 0) is 30.2 Å². The molecule has 0 aliphatic heterocycles. The first-order valence-corrected chi connectivity index (χ1v) is 7.68. The van der Waals surface area contributed by atoms with Gasteiger partial charge < -0.3 is 10.2 Å². The van der Waals surface area contributed by atoms with E-state index >= 15 is 0 Å². The van der Waals surface area contributed by atoms with Crippen molar-refractivity contribution in [1.29, 1.82) is 0 Å². The van der Waals surface area contributed by atoms with Crippen LogP contribution in [0, 0.1) is 6.92 Å². The van der Waals surface area contributed by atoms with Crippen molar-refractivity contribution in [3.05, 3.63) is 64.7 Å². The fourth-order valence-corrected chi connectivity index (χ4v) is 2.33. The Balaban J connectivity index is 1.91. The lowest BCUT2D eigenvalue weighted by molar-refractivity contribution is -0.134. The van der Waals surface area contributed by atoms with Crippen LogP contribution in [0.3, 0.4) is 0 Å². The van der Waals surface area contributed by atoms with Crippen LogP contribution >= 0.6 is 11.6 Å². The maximum atomic E-state index is 12.1. The molecular weight excluding hydrogens is 312 g/mol. The first-order valence-electron chi connectivity index (χ1n) is 7.30. The largest absolute Gasteiger partial charge is 0.341 e. The van der Waals surface area contributed by atoms with E-state index in [2.05, 4.69) is 5.32 Å². The average Bonchev–Trinajstić information content (AvgIpc) is 2.52. The highest BCUT2D eigenvalue weighted by atomic mass is 35.5. The molecule has 0 bridgehead atoms. The third-order valence-electron chi connectivity index (χ3n) is 3.54. The van der Waals surface area contributed by atoms with Gasteiger partial charge in [-0.2, -0.15) is 0 Å². The van der Waals surface area contributed by atoms with Gasteiger partial charge >= 0.3 is 0 Å². The third kappa shape index (κ3) is 4.83. The van der Waals surface area contributed by atoms with Gasteiger partial charge in [-0.1, -0.05) is 48.0 Å². The Morgan fingerprint density at radius 1 is 1.09 bits per heavy atom. The standard InChI is InChI=1S/C18H19ClN2O2/c1-13-15(19)9-6-10-16(13)20-17(22)11-18(23)21(2)12-14-7-4-3-5-8-14/h3-10H,11-12H2,1-2H3,(H,20,22). The lowest BCUT2D eigenvalue weighted by Gasteiger charge is -2.17. The number of nitrogens with one attached hydrogen (secondary N) is 1. The maximum Gasteiger partial charge on any atom is 0.233 e. The number of nitrogens with zero attached hydrogens (tertiary/aromatic N) is 1. The number of halogens is 1. The summed E-state index contributed by atoms with van der Waals surface area (Å²) in [6.45, 7) is 2.30. The van der Waals surface area contributed by atoms with E-state index in [1.54, 1.807) is 30.1 Å². The minimum absolute atomic E-state index is 0.199. The Kier molecular flexibility index (Phi) is 5.77. The van der Waals surface area contributed by atoms with Crippen LogP contribution in [-0.4, -0.2) is 23.8 Å². The van der Waals surface area contributed by atoms with Crippen molar-refractivity contribution in [3.8, 4) is 0 Å². The molecule has 2 amide bonds. The van der Waals surface area contributed by atoms with Gasteiger partial charge in [-0.25, -0.2) is 0 Å². The van der Waals surface area contributed by atoms with Crippen LogP contribution in [0.2, 0.25) is 5.02 Å². The summed E-state index contributed by atoms with van der Waals surface area (Å²) in [6, 6.07) is 14.9. The highest BCUT2D eigenvalue weighted by Gasteiger charge is 2.15. The lowest BCUT2D eigenvalue weighted by Crippen LogP contribution is -2.30. The monoisotopic (exact) mass is 330 g/mol. The quantitative estimate of drug-likeness (QED) is 0.851. The zero-order valence-electron chi connectivity index (χ0n) is 13.2. The van der Waals surface area contributed by atoms with E-state index in [9.17, 15) is 9.59 Å². The van der Waals surface area contributed by atoms with Crippen LogP contribution in [0.1, 0.15) is 17.5 Å². The van der Waals surface area contributed by atoms with Crippen LogP contribution in [0.15, 0.2) is 48.5 Å². The molecule has 23 heavy (non-hydrogen) atoms. The number of carbonyl (C=O) groups excluding carboxylic acids is 2. The molecule has 0 fully saturated rings. The molecule has 0 aliphatic carbocycles. The molecule has 0 saturated carbocycles. The second-order valence-corrected chi connectivity index (χ2v) is 5.78. The Hall–Kier alpha value is -2.33. The van der Waals surface area contributed by atoms with E-state index < -0.39 is 0 Å². The average molecular weight is 331 g/mol. The highest BCUT2D eigenvalue weighted by molar-refractivity contribution is 6.31. The van der Waals surface area contributed by atoms with Crippen molar-refractivity contribution < 1.29 is 9.59 Å². The van der Waals surface area contributed by atoms with Crippen molar-refractivity contribution in [3.63, 3.8) is 0 Å². The lowest BCUT2D eigenvalue weighted by atomic mass is 10.2. The van der Waals surface area contributed by atoms with Gasteiger partial charge in [0.2, 0.25) is 11.8 Å². The Morgan fingerprint density at radius 2 is 1.78 bits per heavy atom. The van der Waals surface area contributed by atoms with Gasteiger partial charge in [0, 0.05) is 24.3 Å². The number of rotatable bonds is 5. The number of amides is 2. The van der Waals surface area contributed by atoms with E-state index in [0.717, 1.165) is 11.1 Å². The molecule has 0 unspecified atom stereocenters. The molecule has 120 valence electrons. The van der Waals surface area contributed by atoms with E-state index in [4.69, 9.17) is 11.6 Å². The number of hydrogen-bond donors (Lipinski definition) is 1. The molecule has 5 heteroatoms. The molecule has 0 aromatic heterocycles. The number of hydrogen-bond acceptors (Lipinski definition) is 2. The first-order chi connectivity index (χ1) is 11.0. The zero-order chi connectivity index (χ0) is 16.8. The van der Waals surface area contributed by atoms with Gasteiger partial charge in [-0.15, -0.1) is 0 Å². The summed E-state index contributed by atoms with van der Waals surface area (Å²) in [5, 5.41) is 3.31. The van der Waals surface area contributed by atoms with Crippen LogP contribution in [-0.2, 0) is 16.1 Å². The molecule has 2 aromatic carbocycles. The fraction of sp³-hybridized carbons (Fsp3) is 0.222. The van der Waals surface area contributed by atoms with Crippen LogP contribution in [0.25, 0.3) is 0 Å². The maximum absolute atomic E-state index is 12.1. The first kappa shape index (κ1) is 17.0. The summed E-state index contributed by atoms with van der Waals surface area (Å²) in [4.78, 5) is 25.7. The molecule has 0 aliphatic rings. The molecular formula is C18H19ClN2O2. The Morgan fingerprint density at radius 3 is 2.48 bits per heavy atom. The SMILES string of the molecule is Cc1c(Cl)cccc1NC(=O)CC(=O)N(C)Cc1ccccc1. The molecule has 2 aromatic rings. The fourth-order valence-electron chi connectivity index (χ4n) is 2.16. The third-order valence-corrected chi connectivity index (χ3v) is 3.95. The van der Waals surface area contributed by atoms with Crippen LogP contribution in [0.4, 0.5) is 5.69 Å².